The van der Waals surface area contributed by atoms with Crippen molar-refractivity contribution in [1.29, 1.82) is 0 Å². The summed E-state index contributed by atoms with van der Waals surface area (Å²) < 4.78 is 22.7. The molecule has 4 rings (SSSR count). The van der Waals surface area contributed by atoms with Crippen molar-refractivity contribution in [2.75, 3.05) is 25.1 Å². The summed E-state index contributed by atoms with van der Waals surface area (Å²) in [6.07, 6.45) is 3.12. The Labute approximate surface area is 167 Å². The summed E-state index contributed by atoms with van der Waals surface area (Å²) >= 11 is 0. The molecule has 0 spiro atoms. The van der Waals surface area contributed by atoms with Gasteiger partial charge >= 0.3 is 5.97 Å². The van der Waals surface area contributed by atoms with E-state index in [-0.39, 0.29) is 40.6 Å². The minimum absolute atomic E-state index is 0.0310. The van der Waals surface area contributed by atoms with E-state index in [0.29, 0.717) is 24.3 Å². The third kappa shape index (κ3) is 3.15. The zero-order valence-corrected chi connectivity index (χ0v) is 16.8. The van der Waals surface area contributed by atoms with Gasteiger partial charge in [-0.25, -0.2) is 9.18 Å². The summed E-state index contributed by atoms with van der Waals surface area (Å²) in [6.45, 7) is 5.23. The van der Waals surface area contributed by atoms with Crippen molar-refractivity contribution in [2.24, 2.45) is 17.6 Å². The minimum atomic E-state index is -1.32. The van der Waals surface area contributed by atoms with Gasteiger partial charge in [-0.1, -0.05) is 13.8 Å². The third-order valence-electron chi connectivity index (χ3n) is 6.22. The van der Waals surface area contributed by atoms with Crippen LogP contribution in [0.5, 0.6) is 5.75 Å². The highest BCUT2D eigenvalue weighted by atomic mass is 19.1. The lowest BCUT2D eigenvalue weighted by atomic mass is 9.86. The first-order chi connectivity index (χ1) is 13.7. The standard InChI is InChI=1S/C21H26FN3O4/c1-10-7-24(8-11(2)16(10)23)18-15(22)6-13-17(20(18)29-3)25(12-4-5-12)9-14(19(13)26)21(27)28/h6,9-12,16H,4-5,7-8,23H2,1-3H3,(H,27,28). The van der Waals surface area contributed by atoms with Crippen LogP contribution in [0.4, 0.5) is 10.1 Å². The number of halogens is 1. The first kappa shape index (κ1) is 19.7. The van der Waals surface area contributed by atoms with Gasteiger partial charge in [0.05, 0.1) is 18.0 Å². The second-order valence-electron chi connectivity index (χ2n) is 8.39. The number of aromatic carboxylic acids is 1. The van der Waals surface area contributed by atoms with Crippen molar-refractivity contribution in [2.45, 2.75) is 38.8 Å². The molecule has 8 heteroatoms. The molecule has 1 saturated heterocycles. The normalized spacial score (nSPS) is 24.7. The molecule has 0 bridgehead atoms. The molecule has 1 aromatic heterocycles. The van der Waals surface area contributed by atoms with Crippen LogP contribution in [0.1, 0.15) is 43.1 Å². The molecular formula is C21H26FN3O4. The van der Waals surface area contributed by atoms with Gasteiger partial charge in [-0.15, -0.1) is 0 Å². The Morgan fingerprint density at radius 1 is 1.28 bits per heavy atom. The average Bonchev–Trinajstić information content (AvgIpc) is 3.50. The summed E-state index contributed by atoms with van der Waals surface area (Å²) in [4.78, 5) is 26.3. The largest absolute Gasteiger partial charge is 0.492 e. The van der Waals surface area contributed by atoms with Gasteiger partial charge in [0.1, 0.15) is 11.3 Å². The molecule has 2 aromatic rings. The van der Waals surface area contributed by atoms with Crippen molar-refractivity contribution in [3.05, 3.63) is 33.9 Å². The summed E-state index contributed by atoms with van der Waals surface area (Å²) in [5.41, 5.74) is 5.95. The summed E-state index contributed by atoms with van der Waals surface area (Å²) in [7, 11) is 1.45. The Morgan fingerprint density at radius 3 is 2.41 bits per heavy atom. The maximum atomic E-state index is 15.3. The molecule has 2 aliphatic rings. The van der Waals surface area contributed by atoms with Crippen LogP contribution < -0.4 is 20.8 Å². The molecule has 2 atom stereocenters. The van der Waals surface area contributed by atoms with Crippen LogP contribution in [0.3, 0.4) is 0 Å². The molecule has 29 heavy (non-hydrogen) atoms. The van der Waals surface area contributed by atoms with Gasteiger partial charge in [0.2, 0.25) is 5.43 Å². The van der Waals surface area contributed by atoms with E-state index in [4.69, 9.17) is 10.5 Å². The van der Waals surface area contributed by atoms with E-state index in [9.17, 15) is 14.7 Å². The molecule has 7 nitrogen and oxygen atoms in total. The van der Waals surface area contributed by atoms with Crippen molar-refractivity contribution in [3.8, 4) is 5.75 Å². The number of ether oxygens (including phenoxy) is 1. The number of anilines is 1. The Bertz CT molecular complexity index is 1030. The summed E-state index contributed by atoms with van der Waals surface area (Å²) in [5.74, 6) is -1.30. The number of nitrogens with zero attached hydrogens (tertiary/aromatic N) is 2. The van der Waals surface area contributed by atoms with Crippen LogP contribution in [0.25, 0.3) is 10.9 Å². The quantitative estimate of drug-likeness (QED) is 0.814. The lowest BCUT2D eigenvalue weighted by Crippen LogP contribution is -2.51. The number of fused-ring (bicyclic) bond motifs is 1. The number of carbonyl (C=O) groups is 1. The van der Waals surface area contributed by atoms with Crippen LogP contribution in [0, 0.1) is 17.7 Å². The number of carboxylic acid groups (broad SMARTS) is 1. The number of pyridine rings is 1. The van der Waals surface area contributed by atoms with Gasteiger partial charge in [-0.05, 0) is 30.7 Å². The Balaban J connectivity index is 1.99. The maximum absolute atomic E-state index is 15.3. The fourth-order valence-electron chi connectivity index (χ4n) is 4.48. The first-order valence-electron chi connectivity index (χ1n) is 9.93. The molecule has 2 unspecified atom stereocenters. The number of benzene rings is 1. The van der Waals surface area contributed by atoms with Crippen molar-refractivity contribution in [3.63, 3.8) is 0 Å². The smallest absolute Gasteiger partial charge is 0.341 e. The zero-order chi connectivity index (χ0) is 21.0. The molecule has 0 amide bonds. The van der Waals surface area contributed by atoms with Crippen LogP contribution >= 0.6 is 0 Å². The van der Waals surface area contributed by atoms with Gasteiger partial charge in [0, 0.05) is 31.4 Å². The van der Waals surface area contributed by atoms with E-state index in [1.807, 2.05) is 18.7 Å². The average molecular weight is 403 g/mol. The summed E-state index contributed by atoms with van der Waals surface area (Å²) in [6, 6.07) is 1.27. The lowest BCUT2D eigenvalue weighted by molar-refractivity contribution is 0.0695. The minimum Gasteiger partial charge on any atom is -0.492 e. The Morgan fingerprint density at radius 2 is 1.90 bits per heavy atom. The van der Waals surface area contributed by atoms with Gasteiger partial charge in [0.25, 0.3) is 0 Å². The van der Waals surface area contributed by atoms with Gasteiger partial charge in [0.15, 0.2) is 11.6 Å². The fraction of sp³-hybridized carbons (Fsp3) is 0.524. The molecule has 3 N–H and O–H groups in total. The molecule has 1 aliphatic carbocycles. The van der Waals surface area contributed by atoms with Crippen LogP contribution in [-0.4, -0.2) is 41.9 Å². The highest BCUT2D eigenvalue weighted by molar-refractivity contribution is 5.97. The van der Waals surface area contributed by atoms with E-state index in [1.165, 1.54) is 13.3 Å². The van der Waals surface area contributed by atoms with Gasteiger partial charge < -0.3 is 25.0 Å². The van der Waals surface area contributed by atoms with Crippen molar-refractivity contribution >= 4 is 22.6 Å². The summed E-state index contributed by atoms with van der Waals surface area (Å²) in [5, 5.41) is 9.46. The second-order valence-corrected chi connectivity index (χ2v) is 8.39. The van der Waals surface area contributed by atoms with E-state index >= 15 is 4.39 Å². The molecule has 2 fully saturated rings. The highest BCUT2D eigenvalue weighted by Crippen LogP contribution is 2.44. The van der Waals surface area contributed by atoms with Crippen molar-refractivity contribution < 1.29 is 19.0 Å². The SMILES string of the molecule is COc1c(N2CC(C)C(N)C(C)C2)c(F)cc2c(=O)c(C(=O)O)cn(C3CC3)c12. The number of carboxylic acids is 1. The Kier molecular flexibility index (Phi) is 4.77. The number of aromatic nitrogens is 1. The number of hydrogen-bond donors (Lipinski definition) is 2. The van der Waals surface area contributed by atoms with E-state index in [2.05, 4.69) is 0 Å². The molecule has 1 aromatic carbocycles. The van der Waals surface area contributed by atoms with E-state index in [0.717, 1.165) is 18.9 Å². The molecular weight excluding hydrogens is 377 g/mol. The second kappa shape index (κ2) is 7.02. The molecule has 1 saturated carbocycles. The number of methoxy groups -OCH3 is 1. The predicted molar refractivity (Wildman–Crippen MR) is 108 cm³/mol. The molecule has 0 radical (unpaired) electrons. The number of rotatable bonds is 4. The number of piperidine rings is 1. The first-order valence-corrected chi connectivity index (χ1v) is 9.93. The van der Waals surface area contributed by atoms with Gasteiger partial charge in [-0.2, -0.15) is 0 Å². The van der Waals surface area contributed by atoms with Gasteiger partial charge in [-0.3, -0.25) is 4.79 Å². The Hall–Kier alpha value is -2.61. The topological polar surface area (TPSA) is 97.8 Å². The third-order valence-corrected chi connectivity index (χ3v) is 6.22. The number of hydrogen-bond acceptors (Lipinski definition) is 5. The molecule has 2 heterocycles. The van der Waals surface area contributed by atoms with E-state index < -0.39 is 17.2 Å². The van der Waals surface area contributed by atoms with E-state index in [1.54, 1.807) is 4.57 Å². The van der Waals surface area contributed by atoms with Crippen molar-refractivity contribution in [1.82, 2.24) is 4.57 Å². The lowest BCUT2D eigenvalue weighted by Gasteiger charge is -2.41. The zero-order valence-electron chi connectivity index (χ0n) is 16.8. The predicted octanol–water partition coefficient (Wildman–Crippen LogP) is 2.60. The molecule has 156 valence electrons. The highest BCUT2D eigenvalue weighted by Gasteiger charge is 2.35. The monoisotopic (exact) mass is 403 g/mol. The molecule has 1 aliphatic heterocycles. The van der Waals surface area contributed by atoms with Crippen LogP contribution in [-0.2, 0) is 0 Å². The van der Waals surface area contributed by atoms with Crippen LogP contribution in [0.2, 0.25) is 0 Å². The van der Waals surface area contributed by atoms with Crippen LogP contribution in [0.15, 0.2) is 17.1 Å². The number of nitrogens with two attached hydrogens (primary N) is 1. The fourth-order valence-corrected chi connectivity index (χ4v) is 4.48. The maximum Gasteiger partial charge on any atom is 0.341 e.